The van der Waals surface area contributed by atoms with Crippen LogP contribution in [-0.4, -0.2) is 10.4 Å². The first-order valence-electron chi connectivity index (χ1n) is 6.71. The molecule has 3 rings (SSSR count). The second kappa shape index (κ2) is 4.12. The number of hydrogen-bond donors (Lipinski definition) is 0. The van der Waals surface area contributed by atoms with Gasteiger partial charge in [0.1, 0.15) is 5.76 Å². The van der Waals surface area contributed by atoms with E-state index in [-0.39, 0.29) is 11.2 Å². The molecule has 100 valence electrons. The fourth-order valence-electron chi connectivity index (χ4n) is 2.98. The van der Waals surface area contributed by atoms with Crippen LogP contribution in [0.5, 0.6) is 0 Å². The molecule has 0 saturated carbocycles. The first-order chi connectivity index (χ1) is 8.96. The lowest BCUT2D eigenvalue weighted by Crippen LogP contribution is -2.28. The van der Waals surface area contributed by atoms with Gasteiger partial charge in [0.15, 0.2) is 5.78 Å². The van der Waals surface area contributed by atoms with Gasteiger partial charge >= 0.3 is 0 Å². The van der Waals surface area contributed by atoms with E-state index in [4.69, 9.17) is 4.42 Å². The molecular formula is C16H19NO2. The normalized spacial score (nSPS) is 17.5. The number of fused-ring (bicyclic) bond motifs is 1. The molecule has 0 aromatic carbocycles. The van der Waals surface area contributed by atoms with Crippen LogP contribution in [0, 0.1) is 12.3 Å². The van der Waals surface area contributed by atoms with Gasteiger partial charge < -0.3 is 8.98 Å². The molecule has 2 aromatic rings. The number of rotatable bonds is 2. The van der Waals surface area contributed by atoms with Crippen molar-refractivity contribution in [1.29, 1.82) is 0 Å². The molecule has 0 N–H and O–H groups in total. The van der Waals surface area contributed by atoms with E-state index in [1.54, 1.807) is 6.26 Å². The minimum atomic E-state index is 0.0514. The van der Waals surface area contributed by atoms with Gasteiger partial charge in [-0.3, -0.25) is 4.79 Å². The highest BCUT2D eigenvalue weighted by atomic mass is 16.3. The van der Waals surface area contributed by atoms with Crippen LogP contribution in [0.15, 0.2) is 28.9 Å². The minimum absolute atomic E-state index is 0.0514. The lowest BCUT2D eigenvalue weighted by Gasteiger charge is -2.29. The SMILES string of the molecule is Cc1cc2c(n1Cc1ccco1)CC(C)(C)CC2=O. The Morgan fingerprint density at radius 2 is 2.16 bits per heavy atom. The van der Waals surface area contributed by atoms with Crippen molar-refractivity contribution in [2.75, 3.05) is 0 Å². The number of ketones is 1. The topological polar surface area (TPSA) is 35.1 Å². The lowest BCUT2D eigenvalue weighted by atomic mass is 9.76. The van der Waals surface area contributed by atoms with Crippen molar-refractivity contribution in [2.24, 2.45) is 5.41 Å². The maximum absolute atomic E-state index is 12.2. The van der Waals surface area contributed by atoms with Gasteiger partial charge in [-0.25, -0.2) is 0 Å². The van der Waals surface area contributed by atoms with E-state index in [9.17, 15) is 4.79 Å². The molecule has 0 radical (unpaired) electrons. The number of hydrogen-bond acceptors (Lipinski definition) is 2. The average Bonchev–Trinajstić information content (AvgIpc) is 2.90. The summed E-state index contributed by atoms with van der Waals surface area (Å²) in [6.07, 6.45) is 3.28. The van der Waals surface area contributed by atoms with Crippen LogP contribution < -0.4 is 0 Å². The first kappa shape index (κ1) is 12.3. The van der Waals surface area contributed by atoms with Crippen molar-refractivity contribution in [3.8, 4) is 0 Å². The third kappa shape index (κ3) is 2.14. The van der Waals surface area contributed by atoms with E-state index >= 15 is 0 Å². The zero-order valence-electron chi connectivity index (χ0n) is 11.7. The Labute approximate surface area is 113 Å². The molecule has 0 saturated heterocycles. The van der Waals surface area contributed by atoms with Crippen LogP contribution in [0.2, 0.25) is 0 Å². The largest absolute Gasteiger partial charge is 0.467 e. The summed E-state index contributed by atoms with van der Waals surface area (Å²) >= 11 is 0. The monoisotopic (exact) mass is 257 g/mol. The van der Waals surface area contributed by atoms with Crippen molar-refractivity contribution in [2.45, 2.75) is 40.2 Å². The van der Waals surface area contributed by atoms with Gasteiger partial charge in [-0.15, -0.1) is 0 Å². The number of Topliss-reactive ketones (excluding diaryl/α,β-unsaturated/α-hetero) is 1. The summed E-state index contributed by atoms with van der Waals surface area (Å²) in [5, 5.41) is 0. The molecule has 0 unspecified atom stereocenters. The molecule has 1 aliphatic carbocycles. The van der Waals surface area contributed by atoms with Crippen LogP contribution in [0.25, 0.3) is 0 Å². The highest BCUT2D eigenvalue weighted by molar-refractivity contribution is 5.99. The number of carbonyl (C=O) groups excluding carboxylic acids is 1. The van der Waals surface area contributed by atoms with E-state index in [1.165, 1.54) is 0 Å². The van der Waals surface area contributed by atoms with Gasteiger partial charge in [-0.1, -0.05) is 13.8 Å². The Morgan fingerprint density at radius 1 is 1.37 bits per heavy atom. The highest BCUT2D eigenvalue weighted by Crippen LogP contribution is 2.36. The zero-order valence-corrected chi connectivity index (χ0v) is 11.7. The molecule has 0 bridgehead atoms. The van der Waals surface area contributed by atoms with Gasteiger partial charge in [0.25, 0.3) is 0 Å². The Balaban J connectivity index is 2.04. The van der Waals surface area contributed by atoms with E-state index in [1.807, 2.05) is 18.2 Å². The molecule has 0 aliphatic heterocycles. The van der Waals surface area contributed by atoms with Gasteiger partial charge in [-0.2, -0.15) is 0 Å². The maximum Gasteiger partial charge on any atom is 0.165 e. The minimum Gasteiger partial charge on any atom is -0.467 e. The maximum atomic E-state index is 12.2. The number of aryl methyl sites for hydroxylation is 1. The van der Waals surface area contributed by atoms with E-state index in [2.05, 4.69) is 25.3 Å². The van der Waals surface area contributed by atoms with Gasteiger partial charge in [0.05, 0.1) is 12.8 Å². The van der Waals surface area contributed by atoms with Gasteiger partial charge in [-0.05, 0) is 37.0 Å². The van der Waals surface area contributed by atoms with Crippen LogP contribution in [0.3, 0.4) is 0 Å². The number of nitrogens with zero attached hydrogens (tertiary/aromatic N) is 1. The fraction of sp³-hybridized carbons (Fsp3) is 0.438. The van der Waals surface area contributed by atoms with Crippen molar-refractivity contribution in [3.63, 3.8) is 0 Å². The fourth-order valence-corrected chi connectivity index (χ4v) is 2.98. The van der Waals surface area contributed by atoms with Crippen molar-refractivity contribution < 1.29 is 9.21 Å². The Kier molecular flexibility index (Phi) is 2.66. The molecule has 3 nitrogen and oxygen atoms in total. The predicted octanol–water partition coefficient (Wildman–Crippen LogP) is 3.59. The Bertz CT molecular complexity index is 617. The molecule has 0 atom stereocenters. The van der Waals surface area contributed by atoms with Gasteiger partial charge in [0, 0.05) is 23.4 Å². The summed E-state index contributed by atoms with van der Waals surface area (Å²) in [5.74, 6) is 1.20. The molecule has 0 fully saturated rings. The van der Waals surface area contributed by atoms with E-state index < -0.39 is 0 Å². The van der Waals surface area contributed by atoms with E-state index in [0.717, 1.165) is 29.1 Å². The summed E-state index contributed by atoms with van der Waals surface area (Å²) in [6, 6.07) is 5.90. The standard InChI is InChI=1S/C16H19NO2/c1-11-7-13-14(8-16(2,3)9-15(13)18)17(11)10-12-5-4-6-19-12/h4-7H,8-10H2,1-3H3. The quantitative estimate of drug-likeness (QED) is 0.824. The number of carbonyl (C=O) groups is 1. The molecule has 2 heterocycles. The summed E-state index contributed by atoms with van der Waals surface area (Å²) in [6.45, 7) is 7.08. The molecule has 3 heteroatoms. The Morgan fingerprint density at radius 3 is 2.84 bits per heavy atom. The summed E-state index contributed by atoms with van der Waals surface area (Å²) in [5.41, 5.74) is 3.25. The second-order valence-corrected chi connectivity index (χ2v) is 6.25. The third-order valence-electron chi connectivity index (χ3n) is 3.90. The van der Waals surface area contributed by atoms with Crippen molar-refractivity contribution >= 4 is 5.78 Å². The van der Waals surface area contributed by atoms with Crippen LogP contribution in [-0.2, 0) is 13.0 Å². The predicted molar refractivity (Wildman–Crippen MR) is 73.4 cm³/mol. The summed E-state index contributed by atoms with van der Waals surface area (Å²) in [7, 11) is 0. The molecule has 2 aromatic heterocycles. The summed E-state index contributed by atoms with van der Waals surface area (Å²) < 4.78 is 7.64. The van der Waals surface area contributed by atoms with Crippen molar-refractivity contribution in [1.82, 2.24) is 4.57 Å². The number of aromatic nitrogens is 1. The smallest absolute Gasteiger partial charge is 0.165 e. The molecule has 0 spiro atoms. The number of furan rings is 1. The zero-order chi connectivity index (χ0) is 13.6. The first-order valence-corrected chi connectivity index (χ1v) is 6.71. The van der Waals surface area contributed by atoms with Crippen molar-refractivity contribution in [3.05, 3.63) is 47.2 Å². The highest BCUT2D eigenvalue weighted by Gasteiger charge is 2.33. The van der Waals surface area contributed by atoms with Gasteiger partial charge in [0.2, 0.25) is 0 Å². The molecule has 1 aliphatic rings. The average molecular weight is 257 g/mol. The van der Waals surface area contributed by atoms with Crippen LogP contribution in [0.4, 0.5) is 0 Å². The van der Waals surface area contributed by atoms with Crippen LogP contribution >= 0.6 is 0 Å². The molecule has 0 amide bonds. The summed E-state index contributed by atoms with van der Waals surface area (Å²) in [4.78, 5) is 12.2. The second-order valence-electron chi connectivity index (χ2n) is 6.25. The molecular weight excluding hydrogens is 238 g/mol. The molecule has 19 heavy (non-hydrogen) atoms. The van der Waals surface area contributed by atoms with E-state index in [0.29, 0.717) is 13.0 Å². The lowest BCUT2D eigenvalue weighted by molar-refractivity contribution is 0.0910. The van der Waals surface area contributed by atoms with Crippen LogP contribution in [0.1, 0.15) is 47.8 Å². The third-order valence-corrected chi connectivity index (χ3v) is 3.90. The Hall–Kier alpha value is -1.77.